The van der Waals surface area contributed by atoms with E-state index < -0.39 is 11.6 Å². The molecule has 1 N–H and O–H groups in total. The SMILES string of the molecule is O/N=C(/CBr)c1cc(F)cc(F)c1. The maximum atomic E-state index is 12.7. The van der Waals surface area contributed by atoms with Crippen molar-refractivity contribution in [3.05, 3.63) is 35.4 Å². The molecule has 0 saturated heterocycles. The minimum atomic E-state index is -0.697. The van der Waals surface area contributed by atoms with Crippen molar-refractivity contribution in [2.24, 2.45) is 5.16 Å². The maximum absolute atomic E-state index is 12.7. The first-order valence-electron chi connectivity index (χ1n) is 3.40. The Morgan fingerprint density at radius 2 is 1.85 bits per heavy atom. The summed E-state index contributed by atoms with van der Waals surface area (Å²) >= 11 is 3.03. The lowest BCUT2D eigenvalue weighted by Gasteiger charge is -2.00. The Morgan fingerprint density at radius 3 is 2.23 bits per heavy atom. The van der Waals surface area contributed by atoms with Gasteiger partial charge in [0, 0.05) is 17.0 Å². The van der Waals surface area contributed by atoms with Crippen LogP contribution in [0.3, 0.4) is 0 Å². The van der Waals surface area contributed by atoms with Crippen LogP contribution in [0.5, 0.6) is 0 Å². The van der Waals surface area contributed by atoms with E-state index in [0.29, 0.717) is 0 Å². The van der Waals surface area contributed by atoms with Crippen molar-refractivity contribution in [2.45, 2.75) is 0 Å². The second kappa shape index (κ2) is 4.32. The third kappa shape index (κ3) is 2.48. The van der Waals surface area contributed by atoms with Crippen molar-refractivity contribution in [1.82, 2.24) is 0 Å². The number of halogens is 3. The van der Waals surface area contributed by atoms with Gasteiger partial charge in [0.05, 0.1) is 5.71 Å². The number of hydrogen-bond acceptors (Lipinski definition) is 2. The summed E-state index contributed by atoms with van der Waals surface area (Å²) in [6.07, 6.45) is 0. The number of oxime groups is 1. The number of alkyl halides is 1. The lowest BCUT2D eigenvalue weighted by Crippen LogP contribution is -2.03. The van der Waals surface area contributed by atoms with Crippen LogP contribution in [0.4, 0.5) is 8.78 Å². The van der Waals surface area contributed by atoms with Crippen LogP contribution in [0.2, 0.25) is 0 Å². The highest BCUT2D eigenvalue weighted by atomic mass is 79.9. The van der Waals surface area contributed by atoms with Crippen LogP contribution in [-0.4, -0.2) is 16.2 Å². The summed E-state index contributed by atoms with van der Waals surface area (Å²) in [5, 5.41) is 11.6. The van der Waals surface area contributed by atoms with Gasteiger partial charge in [-0.2, -0.15) is 0 Å². The monoisotopic (exact) mass is 249 g/mol. The first-order chi connectivity index (χ1) is 6.17. The van der Waals surface area contributed by atoms with Gasteiger partial charge in [-0.1, -0.05) is 21.1 Å². The molecule has 2 nitrogen and oxygen atoms in total. The van der Waals surface area contributed by atoms with Crippen LogP contribution in [0.15, 0.2) is 23.4 Å². The third-order valence-electron chi connectivity index (χ3n) is 1.44. The Balaban J connectivity index is 3.14. The second-order valence-corrected chi connectivity index (χ2v) is 2.90. The summed E-state index contributed by atoms with van der Waals surface area (Å²) in [6.45, 7) is 0. The Bertz CT molecular complexity index is 321. The van der Waals surface area contributed by atoms with E-state index in [1.807, 2.05) is 0 Å². The Labute approximate surface area is 82.0 Å². The molecule has 0 aliphatic heterocycles. The van der Waals surface area contributed by atoms with Gasteiger partial charge in [0.2, 0.25) is 0 Å². The first-order valence-corrected chi connectivity index (χ1v) is 4.53. The van der Waals surface area contributed by atoms with E-state index in [1.165, 1.54) is 0 Å². The zero-order chi connectivity index (χ0) is 9.84. The molecule has 1 aromatic rings. The van der Waals surface area contributed by atoms with Gasteiger partial charge < -0.3 is 5.21 Å². The molecule has 0 spiro atoms. The molecule has 70 valence electrons. The molecule has 0 amide bonds. The lowest BCUT2D eigenvalue weighted by molar-refractivity contribution is 0.319. The minimum absolute atomic E-state index is 0.179. The largest absolute Gasteiger partial charge is 0.411 e. The van der Waals surface area contributed by atoms with E-state index >= 15 is 0 Å². The molecule has 5 heteroatoms. The molecule has 0 unspecified atom stereocenters. The van der Waals surface area contributed by atoms with Crippen LogP contribution in [0.25, 0.3) is 0 Å². The number of rotatable bonds is 2. The maximum Gasteiger partial charge on any atom is 0.126 e. The van der Waals surface area contributed by atoms with Crippen LogP contribution in [-0.2, 0) is 0 Å². The summed E-state index contributed by atoms with van der Waals surface area (Å²) in [6, 6.07) is 2.95. The minimum Gasteiger partial charge on any atom is -0.411 e. The summed E-state index contributed by atoms with van der Waals surface area (Å²) in [5.41, 5.74) is 0.398. The third-order valence-corrected chi connectivity index (χ3v) is 1.97. The zero-order valence-electron chi connectivity index (χ0n) is 6.47. The summed E-state index contributed by atoms with van der Waals surface area (Å²) in [4.78, 5) is 0. The van der Waals surface area contributed by atoms with Crippen LogP contribution in [0.1, 0.15) is 5.56 Å². The van der Waals surface area contributed by atoms with Crippen molar-refractivity contribution >= 4 is 21.6 Å². The van der Waals surface area contributed by atoms with Gasteiger partial charge in [0.1, 0.15) is 11.6 Å². The topological polar surface area (TPSA) is 32.6 Å². The van der Waals surface area contributed by atoms with Gasteiger partial charge >= 0.3 is 0 Å². The molecule has 13 heavy (non-hydrogen) atoms. The molecule has 1 rings (SSSR count). The molecule has 0 bridgehead atoms. The summed E-state index contributed by atoms with van der Waals surface area (Å²) in [5.74, 6) is -1.39. The van der Waals surface area contributed by atoms with Crippen molar-refractivity contribution in [1.29, 1.82) is 0 Å². The second-order valence-electron chi connectivity index (χ2n) is 2.34. The highest BCUT2D eigenvalue weighted by molar-refractivity contribution is 9.09. The highest BCUT2D eigenvalue weighted by Crippen LogP contribution is 2.10. The van der Waals surface area contributed by atoms with Crippen molar-refractivity contribution in [3.8, 4) is 0 Å². The number of nitrogens with zero attached hydrogens (tertiary/aromatic N) is 1. The molecule has 0 aliphatic carbocycles. The molecule has 1 aromatic carbocycles. The number of hydrogen-bond donors (Lipinski definition) is 1. The Hall–Kier alpha value is -0.970. The smallest absolute Gasteiger partial charge is 0.126 e. The standard InChI is InChI=1S/C8H6BrF2NO/c9-4-8(12-13)5-1-6(10)3-7(11)2-5/h1-3,13H,4H2/b12-8-. The number of benzene rings is 1. The van der Waals surface area contributed by atoms with Crippen molar-refractivity contribution < 1.29 is 14.0 Å². The van der Waals surface area contributed by atoms with E-state index in [-0.39, 0.29) is 16.6 Å². The van der Waals surface area contributed by atoms with Gasteiger partial charge in [-0.05, 0) is 12.1 Å². The molecule has 0 radical (unpaired) electrons. The fourth-order valence-electron chi connectivity index (χ4n) is 0.882. The molecular weight excluding hydrogens is 244 g/mol. The molecule has 0 heterocycles. The van der Waals surface area contributed by atoms with E-state index in [1.54, 1.807) is 0 Å². The fourth-order valence-corrected chi connectivity index (χ4v) is 1.32. The molecule has 0 aromatic heterocycles. The molecule has 0 saturated carbocycles. The lowest BCUT2D eigenvalue weighted by atomic mass is 10.1. The summed E-state index contributed by atoms with van der Waals surface area (Å²) in [7, 11) is 0. The predicted octanol–water partition coefficient (Wildman–Crippen LogP) is 2.54. The predicted molar refractivity (Wildman–Crippen MR) is 48.5 cm³/mol. The van der Waals surface area contributed by atoms with Gasteiger partial charge in [-0.25, -0.2) is 8.78 Å². The molecule has 0 atom stereocenters. The average Bonchev–Trinajstić information content (AvgIpc) is 2.04. The van der Waals surface area contributed by atoms with E-state index in [4.69, 9.17) is 5.21 Å². The Kier molecular flexibility index (Phi) is 3.36. The van der Waals surface area contributed by atoms with Crippen LogP contribution < -0.4 is 0 Å². The van der Waals surface area contributed by atoms with Crippen molar-refractivity contribution in [3.63, 3.8) is 0 Å². The quantitative estimate of drug-likeness (QED) is 0.372. The average molecular weight is 250 g/mol. The van der Waals surface area contributed by atoms with Crippen LogP contribution >= 0.6 is 15.9 Å². The van der Waals surface area contributed by atoms with Crippen molar-refractivity contribution in [2.75, 3.05) is 5.33 Å². The van der Waals surface area contributed by atoms with Gasteiger partial charge in [-0.3, -0.25) is 0 Å². The highest BCUT2D eigenvalue weighted by Gasteiger charge is 2.06. The molecule has 0 fully saturated rings. The van der Waals surface area contributed by atoms with Crippen LogP contribution in [0, 0.1) is 11.6 Å². The molecule has 0 aliphatic rings. The normalized spacial score (nSPS) is 11.8. The van der Waals surface area contributed by atoms with Gasteiger partial charge in [0.15, 0.2) is 0 Å². The van der Waals surface area contributed by atoms with Gasteiger partial charge in [0.25, 0.3) is 0 Å². The summed E-state index contributed by atoms with van der Waals surface area (Å²) < 4.78 is 25.3. The van der Waals surface area contributed by atoms with Gasteiger partial charge in [-0.15, -0.1) is 0 Å². The van der Waals surface area contributed by atoms with E-state index in [0.717, 1.165) is 18.2 Å². The first kappa shape index (κ1) is 10.1. The van der Waals surface area contributed by atoms with E-state index in [2.05, 4.69) is 21.1 Å². The molecular formula is C8H6BrF2NO. The fraction of sp³-hybridized carbons (Fsp3) is 0.125. The Morgan fingerprint density at radius 1 is 1.31 bits per heavy atom. The zero-order valence-corrected chi connectivity index (χ0v) is 8.05. The van der Waals surface area contributed by atoms with E-state index in [9.17, 15) is 8.78 Å².